The number of carbonyl (C=O) groups is 3. The molecule has 10 nitrogen and oxygen atoms in total. The summed E-state index contributed by atoms with van der Waals surface area (Å²) in [5.41, 5.74) is 9.32. The quantitative estimate of drug-likeness (QED) is 0.230. The molecule has 2 atom stereocenters. The van der Waals surface area contributed by atoms with Crippen LogP contribution in [0.5, 0.6) is 0 Å². The second kappa shape index (κ2) is 13.1. The second-order valence-corrected chi connectivity index (χ2v) is 11.1. The van der Waals surface area contributed by atoms with E-state index < -0.39 is 12.2 Å². The maximum absolute atomic E-state index is 13.5. The SMILES string of the molecule is CN(C(=O)NCc1ccccc1)N1CC(=O)N([C@H](C=O)Cc2ccc(F)cc2)[C@@H]1CNCc1cccc2sc(N)nc12. The van der Waals surface area contributed by atoms with Gasteiger partial charge >= 0.3 is 6.03 Å². The minimum atomic E-state index is -0.817. The van der Waals surface area contributed by atoms with Crippen molar-refractivity contribution in [2.75, 3.05) is 25.9 Å². The van der Waals surface area contributed by atoms with E-state index >= 15 is 0 Å². The number of nitrogens with zero attached hydrogens (tertiary/aromatic N) is 4. The van der Waals surface area contributed by atoms with Gasteiger partial charge in [-0.25, -0.2) is 14.2 Å². The van der Waals surface area contributed by atoms with Gasteiger partial charge in [-0.2, -0.15) is 5.01 Å². The van der Waals surface area contributed by atoms with Gasteiger partial charge in [-0.15, -0.1) is 0 Å². The highest BCUT2D eigenvalue weighted by molar-refractivity contribution is 7.22. The Morgan fingerprint density at radius 1 is 1.12 bits per heavy atom. The number of para-hydroxylation sites is 1. The number of nitrogen functional groups attached to an aromatic ring is 1. The van der Waals surface area contributed by atoms with Gasteiger partial charge in [0.25, 0.3) is 0 Å². The first-order valence-electron chi connectivity index (χ1n) is 13.5. The van der Waals surface area contributed by atoms with Crippen LogP contribution in [0.15, 0.2) is 72.8 Å². The third kappa shape index (κ3) is 6.56. The van der Waals surface area contributed by atoms with Gasteiger partial charge in [-0.1, -0.05) is 65.9 Å². The van der Waals surface area contributed by atoms with Gasteiger partial charge < -0.3 is 26.1 Å². The minimum Gasteiger partial charge on any atom is -0.375 e. The maximum Gasteiger partial charge on any atom is 0.332 e. The highest BCUT2D eigenvalue weighted by atomic mass is 32.1. The van der Waals surface area contributed by atoms with Crippen molar-refractivity contribution in [2.24, 2.45) is 0 Å². The fourth-order valence-corrected chi connectivity index (χ4v) is 5.91. The minimum absolute atomic E-state index is 0.0897. The number of hydrogen-bond acceptors (Lipinski definition) is 8. The molecule has 2 heterocycles. The molecule has 1 saturated heterocycles. The number of anilines is 1. The summed E-state index contributed by atoms with van der Waals surface area (Å²) < 4.78 is 14.5. The molecular weight excluding hydrogens is 557 g/mol. The third-order valence-electron chi connectivity index (χ3n) is 7.25. The van der Waals surface area contributed by atoms with Gasteiger partial charge in [0.15, 0.2) is 5.13 Å². The molecule has 0 unspecified atom stereocenters. The lowest BCUT2D eigenvalue weighted by molar-refractivity contribution is -0.133. The van der Waals surface area contributed by atoms with Crippen molar-refractivity contribution in [3.8, 4) is 0 Å². The summed E-state index contributed by atoms with van der Waals surface area (Å²) in [5.74, 6) is -0.676. The number of nitrogens with two attached hydrogens (primary N) is 1. The van der Waals surface area contributed by atoms with Crippen molar-refractivity contribution in [3.05, 3.63) is 95.3 Å². The molecule has 3 amide bonds. The molecule has 0 radical (unpaired) electrons. The monoisotopic (exact) mass is 589 g/mol. The van der Waals surface area contributed by atoms with Crippen LogP contribution < -0.4 is 16.4 Å². The normalized spacial score (nSPS) is 16.1. The molecule has 1 aliphatic rings. The summed E-state index contributed by atoms with van der Waals surface area (Å²) >= 11 is 1.41. The number of carbonyl (C=O) groups excluding carboxylic acids is 3. The Morgan fingerprint density at radius 2 is 1.88 bits per heavy atom. The number of aldehydes is 1. The Morgan fingerprint density at radius 3 is 2.62 bits per heavy atom. The summed E-state index contributed by atoms with van der Waals surface area (Å²) in [6.07, 6.45) is 0.285. The number of thiazole rings is 1. The summed E-state index contributed by atoms with van der Waals surface area (Å²) in [5, 5.41) is 9.80. The van der Waals surface area contributed by atoms with E-state index in [1.165, 1.54) is 33.4 Å². The largest absolute Gasteiger partial charge is 0.375 e. The molecule has 1 fully saturated rings. The maximum atomic E-state index is 13.5. The average Bonchev–Trinajstić information content (AvgIpc) is 3.54. The van der Waals surface area contributed by atoms with Gasteiger partial charge in [0, 0.05) is 26.7 Å². The van der Waals surface area contributed by atoms with Crippen LogP contribution >= 0.6 is 11.3 Å². The van der Waals surface area contributed by atoms with Crippen LogP contribution in [-0.2, 0) is 29.1 Å². The third-order valence-corrected chi connectivity index (χ3v) is 8.10. The fraction of sp³-hybridized carbons (Fsp3) is 0.267. The lowest BCUT2D eigenvalue weighted by Gasteiger charge is -2.37. The van der Waals surface area contributed by atoms with E-state index in [4.69, 9.17) is 5.73 Å². The van der Waals surface area contributed by atoms with Crippen molar-refractivity contribution >= 4 is 44.9 Å². The Hall–Kier alpha value is -4.39. The number of urea groups is 1. The lowest BCUT2D eigenvalue weighted by Crippen LogP contribution is -2.57. The summed E-state index contributed by atoms with van der Waals surface area (Å²) in [4.78, 5) is 44.9. The zero-order valence-electron chi connectivity index (χ0n) is 23.1. The molecule has 5 rings (SSSR count). The number of benzene rings is 3. The molecule has 42 heavy (non-hydrogen) atoms. The van der Waals surface area contributed by atoms with Crippen molar-refractivity contribution < 1.29 is 18.8 Å². The molecule has 218 valence electrons. The molecule has 0 aliphatic carbocycles. The standard InChI is InChI=1S/C30H32FN7O3S/c1-36(30(41)34-15-21-6-3-2-4-7-21)37-18-27(40)38(24(19-39)14-20-10-12-23(31)13-11-20)26(37)17-33-16-22-8-5-9-25-28(22)35-29(32)42-25/h2-13,19,24,26,33H,14-18H2,1H3,(H2,32,35)(H,34,41)/t24-,26+/m0/s1. The van der Waals surface area contributed by atoms with Crippen molar-refractivity contribution in [2.45, 2.75) is 31.7 Å². The molecule has 4 N–H and O–H groups in total. The molecule has 12 heteroatoms. The van der Waals surface area contributed by atoms with E-state index in [1.54, 1.807) is 24.2 Å². The number of aromatic nitrogens is 1. The number of hydrogen-bond donors (Lipinski definition) is 3. The topological polar surface area (TPSA) is 124 Å². The number of rotatable bonds is 11. The smallest absolute Gasteiger partial charge is 0.332 e. The Balaban J connectivity index is 1.35. The van der Waals surface area contributed by atoms with E-state index in [0.717, 1.165) is 27.6 Å². The number of amides is 3. The van der Waals surface area contributed by atoms with Gasteiger partial charge in [0.2, 0.25) is 5.91 Å². The molecule has 0 bridgehead atoms. The first-order chi connectivity index (χ1) is 20.3. The Labute approximate surface area is 246 Å². The second-order valence-electron chi connectivity index (χ2n) is 10.0. The Bertz CT molecular complexity index is 1550. The summed E-state index contributed by atoms with van der Waals surface area (Å²) in [7, 11) is 1.60. The van der Waals surface area contributed by atoms with E-state index in [-0.39, 0.29) is 37.3 Å². The molecule has 1 aliphatic heterocycles. The zero-order valence-corrected chi connectivity index (χ0v) is 23.9. The van der Waals surface area contributed by atoms with E-state index in [9.17, 15) is 18.8 Å². The zero-order chi connectivity index (χ0) is 29.6. The highest BCUT2D eigenvalue weighted by Crippen LogP contribution is 2.27. The van der Waals surface area contributed by atoms with E-state index in [1.807, 2.05) is 48.5 Å². The first-order valence-corrected chi connectivity index (χ1v) is 14.3. The van der Waals surface area contributed by atoms with Crippen LogP contribution in [0, 0.1) is 5.82 Å². The predicted octanol–water partition coefficient (Wildman–Crippen LogP) is 3.14. The summed E-state index contributed by atoms with van der Waals surface area (Å²) in [6.45, 7) is 0.917. The Kier molecular flexibility index (Phi) is 9.06. The van der Waals surface area contributed by atoms with Gasteiger partial charge in [0.1, 0.15) is 18.3 Å². The van der Waals surface area contributed by atoms with E-state index in [0.29, 0.717) is 23.8 Å². The van der Waals surface area contributed by atoms with Crippen molar-refractivity contribution in [1.29, 1.82) is 0 Å². The van der Waals surface area contributed by atoms with Crippen LogP contribution in [-0.4, -0.2) is 70.5 Å². The van der Waals surface area contributed by atoms with E-state index in [2.05, 4.69) is 15.6 Å². The van der Waals surface area contributed by atoms with Crippen molar-refractivity contribution in [3.63, 3.8) is 0 Å². The van der Waals surface area contributed by atoms with Gasteiger partial charge in [-0.05, 0) is 41.3 Å². The van der Waals surface area contributed by atoms with Crippen LogP contribution in [0.1, 0.15) is 16.7 Å². The predicted molar refractivity (Wildman–Crippen MR) is 159 cm³/mol. The molecular formula is C30H32FN7O3S. The van der Waals surface area contributed by atoms with Crippen LogP contribution in [0.2, 0.25) is 0 Å². The molecule has 0 saturated carbocycles. The summed E-state index contributed by atoms with van der Waals surface area (Å²) in [6, 6.07) is 20.0. The molecule has 0 spiro atoms. The van der Waals surface area contributed by atoms with Crippen LogP contribution in [0.3, 0.4) is 0 Å². The number of hydrazine groups is 1. The van der Waals surface area contributed by atoms with Crippen LogP contribution in [0.25, 0.3) is 10.2 Å². The number of fused-ring (bicyclic) bond motifs is 1. The molecule has 3 aromatic carbocycles. The molecule has 1 aromatic heterocycles. The fourth-order valence-electron chi connectivity index (χ4n) is 5.13. The lowest BCUT2D eigenvalue weighted by atomic mass is 10.1. The van der Waals surface area contributed by atoms with Crippen molar-refractivity contribution in [1.82, 2.24) is 30.5 Å². The van der Waals surface area contributed by atoms with Gasteiger partial charge in [-0.3, -0.25) is 9.80 Å². The highest BCUT2D eigenvalue weighted by Gasteiger charge is 2.44. The van der Waals surface area contributed by atoms with Crippen LogP contribution in [0.4, 0.5) is 14.3 Å². The van der Waals surface area contributed by atoms with Gasteiger partial charge in [0.05, 0.1) is 22.8 Å². The number of nitrogens with one attached hydrogen (secondary N) is 2. The number of halogens is 1. The molecule has 4 aromatic rings. The first kappa shape index (κ1) is 29.1. The average molecular weight is 590 g/mol.